The fraction of sp³-hybridized carbons (Fsp3) is 0.556. The zero-order valence-electron chi connectivity index (χ0n) is 14.3. The first-order valence-electron chi connectivity index (χ1n) is 8.39. The second-order valence-corrected chi connectivity index (χ2v) is 6.34. The summed E-state index contributed by atoms with van der Waals surface area (Å²) in [5.41, 5.74) is -0.491. The number of methoxy groups -OCH3 is 1. The third-order valence-corrected chi connectivity index (χ3v) is 4.64. The molecule has 1 aromatic rings. The lowest BCUT2D eigenvalue weighted by molar-refractivity contribution is -0.145. The van der Waals surface area contributed by atoms with Gasteiger partial charge in [-0.1, -0.05) is 12.8 Å². The second kappa shape index (κ2) is 8.80. The van der Waals surface area contributed by atoms with Crippen LogP contribution in [-0.2, 0) is 14.3 Å². The molecule has 0 bridgehead atoms. The molecule has 1 atom stereocenters. The van der Waals surface area contributed by atoms with E-state index in [4.69, 9.17) is 9.47 Å². The minimum absolute atomic E-state index is 0.153. The molecule has 25 heavy (non-hydrogen) atoms. The summed E-state index contributed by atoms with van der Waals surface area (Å²) in [7, 11) is 1.59. The number of benzene rings is 1. The minimum atomic E-state index is -1.24. The van der Waals surface area contributed by atoms with Crippen molar-refractivity contribution in [3.8, 4) is 5.75 Å². The molecule has 0 heterocycles. The molecule has 0 radical (unpaired) electrons. The fourth-order valence-electron chi connectivity index (χ4n) is 3.17. The van der Waals surface area contributed by atoms with E-state index in [0.717, 1.165) is 25.7 Å². The van der Waals surface area contributed by atoms with Crippen LogP contribution in [0.4, 0.5) is 4.39 Å². The topological polar surface area (TPSA) is 84.9 Å². The molecule has 1 fully saturated rings. The summed E-state index contributed by atoms with van der Waals surface area (Å²) < 4.78 is 23.4. The molecule has 1 aliphatic carbocycles. The summed E-state index contributed by atoms with van der Waals surface area (Å²) in [5.74, 6) is -1.55. The minimum Gasteiger partial charge on any atom is -0.478 e. The predicted octanol–water partition coefficient (Wildman–Crippen LogP) is 2.37. The van der Waals surface area contributed by atoms with Crippen molar-refractivity contribution in [2.75, 3.05) is 20.3 Å². The largest absolute Gasteiger partial charge is 0.478 e. The summed E-state index contributed by atoms with van der Waals surface area (Å²) in [6.07, 6.45) is 2.89. The maximum atomic E-state index is 12.9. The van der Waals surface area contributed by atoms with E-state index in [2.05, 4.69) is 5.32 Å². The monoisotopic (exact) mass is 353 g/mol. The molecule has 6 nitrogen and oxygen atoms in total. The number of carboxylic acids is 1. The molecule has 1 unspecified atom stereocenters. The molecule has 0 saturated heterocycles. The van der Waals surface area contributed by atoms with E-state index in [1.807, 2.05) is 0 Å². The van der Waals surface area contributed by atoms with Crippen molar-refractivity contribution in [1.82, 2.24) is 5.32 Å². The summed E-state index contributed by atoms with van der Waals surface area (Å²) in [6, 6.07) is 5.07. The number of halogens is 1. The van der Waals surface area contributed by atoms with Crippen LogP contribution in [-0.4, -0.2) is 43.3 Å². The van der Waals surface area contributed by atoms with Crippen molar-refractivity contribution in [1.29, 1.82) is 0 Å². The number of amides is 1. The Bertz CT molecular complexity index is 584. The molecular weight excluding hydrogens is 329 g/mol. The Balaban J connectivity index is 1.96. The van der Waals surface area contributed by atoms with E-state index < -0.39 is 23.3 Å². The van der Waals surface area contributed by atoms with Crippen molar-refractivity contribution in [2.45, 2.75) is 38.2 Å². The SMILES string of the molecule is COCCC1(C(=O)NCC(Oc2ccc(F)cc2)C(=O)O)CCCC1. The van der Waals surface area contributed by atoms with Gasteiger partial charge in [-0.05, 0) is 43.5 Å². The van der Waals surface area contributed by atoms with E-state index in [-0.39, 0.29) is 18.2 Å². The zero-order chi connectivity index (χ0) is 18.3. The van der Waals surface area contributed by atoms with Gasteiger partial charge >= 0.3 is 5.97 Å². The third kappa shape index (κ3) is 5.16. The van der Waals surface area contributed by atoms with E-state index in [1.165, 1.54) is 24.3 Å². The summed E-state index contributed by atoms with van der Waals surface area (Å²) in [6.45, 7) is 0.335. The van der Waals surface area contributed by atoms with Gasteiger partial charge in [-0.15, -0.1) is 0 Å². The molecular formula is C18H24FNO5. The number of hydrogen-bond donors (Lipinski definition) is 2. The van der Waals surface area contributed by atoms with Crippen molar-refractivity contribution in [3.05, 3.63) is 30.1 Å². The Morgan fingerprint density at radius 2 is 1.92 bits per heavy atom. The van der Waals surface area contributed by atoms with E-state index in [9.17, 15) is 19.1 Å². The first kappa shape index (κ1) is 19.2. The molecule has 0 aromatic heterocycles. The van der Waals surface area contributed by atoms with E-state index in [0.29, 0.717) is 13.0 Å². The van der Waals surface area contributed by atoms with Gasteiger partial charge in [-0.3, -0.25) is 4.79 Å². The Kier molecular flexibility index (Phi) is 6.75. The molecule has 2 N–H and O–H groups in total. The lowest BCUT2D eigenvalue weighted by Crippen LogP contribution is -2.46. The Hall–Kier alpha value is -2.15. The van der Waals surface area contributed by atoms with Crippen LogP contribution >= 0.6 is 0 Å². The molecule has 0 spiro atoms. The highest BCUT2D eigenvalue weighted by atomic mass is 19.1. The predicted molar refractivity (Wildman–Crippen MR) is 88.9 cm³/mol. The standard InChI is InChI=1S/C18H24FNO5/c1-24-11-10-18(8-2-3-9-18)17(23)20-12-15(16(21)22)25-14-6-4-13(19)5-7-14/h4-7,15H,2-3,8-12H2,1H3,(H,20,23)(H,21,22). The highest BCUT2D eigenvalue weighted by Crippen LogP contribution is 2.41. The van der Waals surface area contributed by atoms with Gasteiger partial charge in [-0.2, -0.15) is 0 Å². The molecule has 7 heteroatoms. The van der Waals surface area contributed by atoms with Crippen molar-refractivity contribution in [3.63, 3.8) is 0 Å². The summed E-state index contributed by atoms with van der Waals surface area (Å²) in [5, 5.41) is 12.0. The van der Waals surface area contributed by atoms with Gasteiger partial charge in [0.2, 0.25) is 12.0 Å². The number of nitrogens with one attached hydrogen (secondary N) is 1. The zero-order valence-corrected chi connectivity index (χ0v) is 14.3. The molecule has 1 aliphatic rings. The van der Waals surface area contributed by atoms with Crippen molar-refractivity contribution < 1.29 is 28.6 Å². The van der Waals surface area contributed by atoms with Crippen LogP contribution in [0.5, 0.6) is 5.75 Å². The highest BCUT2D eigenvalue weighted by Gasteiger charge is 2.41. The van der Waals surface area contributed by atoms with Crippen molar-refractivity contribution in [2.24, 2.45) is 5.41 Å². The Morgan fingerprint density at radius 1 is 1.28 bits per heavy atom. The van der Waals surface area contributed by atoms with Crippen LogP contribution < -0.4 is 10.1 Å². The number of aliphatic carboxylic acids is 1. The Labute approximate surface area is 146 Å². The van der Waals surface area contributed by atoms with E-state index >= 15 is 0 Å². The number of hydrogen-bond acceptors (Lipinski definition) is 4. The van der Waals surface area contributed by atoms with Crippen LogP contribution in [0.3, 0.4) is 0 Å². The number of carbonyl (C=O) groups is 2. The maximum Gasteiger partial charge on any atom is 0.346 e. The van der Waals surface area contributed by atoms with Crippen LogP contribution in [0, 0.1) is 11.2 Å². The van der Waals surface area contributed by atoms with Gasteiger partial charge in [-0.25, -0.2) is 9.18 Å². The van der Waals surface area contributed by atoms with E-state index in [1.54, 1.807) is 7.11 Å². The van der Waals surface area contributed by atoms with Crippen LogP contribution in [0.25, 0.3) is 0 Å². The number of rotatable bonds is 9. The molecule has 0 aliphatic heterocycles. The van der Waals surface area contributed by atoms with Gasteiger partial charge < -0.3 is 19.9 Å². The number of carbonyl (C=O) groups excluding carboxylic acids is 1. The van der Waals surface area contributed by atoms with Gasteiger partial charge in [0, 0.05) is 13.7 Å². The molecule has 2 rings (SSSR count). The molecule has 138 valence electrons. The van der Waals surface area contributed by atoms with Gasteiger partial charge in [0.15, 0.2) is 0 Å². The highest BCUT2D eigenvalue weighted by molar-refractivity contribution is 5.83. The third-order valence-electron chi connectivity index (χ3n) is 4.64. The lowest BCUT2D eigenvalue weighted by atomic mass is 9.82. The lowest BCUT2D eigenvalue weighted by Gasteiger charge is -2.28. The molecule has 1 saturated carbocycles. The first-order chi connectivity index (χ1) is 12.0. The summed E-state index contributed by atoms with van der Waals surface area (Å²) in [4.78, 5) is 24.0. The van der Waals surface area contributed by atoms with Crippen molar-refractivity contribution >= 4 is 11.9 Å². The molecule has 1 amide bonds. The number of carboxylic acid groups (broad SMARTS) is 1. The first-order valence-corrected chi connectivity index (χ1v) is 8.39. The quantitative estimate of drug-likeness (QED) is 0.712. The van der Waals surface area contributed by atoms with Gasteiger partial charge in [0.25, 0.3) is 0 Å². The average Bonchev–Trinajstić information content (AvgIpc) is 3.08. The van der Waals surface area contributed by atoms with Crippen LogP contribution in [0.15, 0.2) is 24.3 Å². The van der Waals surface area contributed by atoms with Crippen LogP contribution in [0.2, 0.25) is 0 Å². The fourth-order valence-corrected chi connectivity index (χ4v) is 3.17. The average molecular weight is 353 g/mol. The smallest absolute Gasteiger partial charge is 0.346 e. The summed E-state index contributed by atoms with van der Waals surface area (Å²) >= 11 is 0. The van der Waals surface area contributed by atoms with Gasteiger partial charge in [0.05, 0.1) is 12.0 Å². The Morgan fingerprint density at radius 3 is 2.48 bits per heavy atom. The molecule has 1 aromatic carbocycles. The maximum absolute atomic E-state index is 12.9. The second-order valence-electron chi connectivity index (χ2n) is 6.34. The van der Waals surface area contributed by atoms with Gasteiger partial charge in [0.1, 0.15) is 11.6 Å². The normalized spacial score (nSPS) is 17.0. The number of ether oxygens (including phenoxy) is 2. The van der Waals surface area contributed by atoms with Crippen LogP contribution in [0.1, 0.15) is 32.1 Å².